The van der Waals surface area contributed by atoms with E-state index >= 15 is 0 Å². The molecule has 0 saturated heterocycles. The molecule has 3 aromatic rings. The number of anilines is 1. The molecule has 6 heteroatoms. The lowest BCUT2D eigenvalue weighted by Crippen LogP contribution is -2.07. The Morgan fingerprint density at radius 2 is 1.71 bits per heavy atom. The van der Waals surface area contributed by atoms with Crippen molar-refractivity contribution in [3.8, 4) is 11.4 Å². The molecule has 24 heavy (non-hydrogen) atoms. The Kier molecular flexibility index (Phi) is 4.88. The Morgan fingerprint density at radius 1 is 1.04 bits per heavy atom. The molecule has 1 heterocycles. The number of benzene rings is 2. The van der Waals surface area contributed by atoms with E-state index in [0.717, 1.165) is 16.8 Å². The zero-order chi connectivity index (χ0) is 17.1. The minimum Gasteiger partial charge on any atom is -0.378 e. The third-order valence-corrected chi connectivity index (χ3v) is 3.96. The Morgan fingerprint density at radius 3 is 2.33 bits per heavy atom. The zero-order valence-corrected chi connectivity index (χ0v) is 14.7. The highest BCUT2D eigenvalue weighted by Gasteiger charge is 2.11. The van der Waals surface area contributed by atoms with E-state index in [1.165, 1.54) is 0 Å². The van der Waals surface area contributed by atoms with E-state index in [1.54, 1.807) is 18.2 Å². The fraction of sp³-hybridized carbons (Fsp3) is 0.111. The molecule has 0 N–H and O–H groups in total. The lowest BCUT2D eigenvalue weighted by atomic mass is 10.2. The van der Waals surface area contributed by atoms with Crippen LogP contribution in [0.25, 0.3) is 22.5 Å². The van der Waals surface area contributed by atoms with Crippen molar-refractivity contribution in [3.63, 3.8) is 0 Å². The topological polar surface area (TPSA) is 42.2 Å². The van der Waals surface area contributed by atoms with Crippen LogP contribution < -0.4 is 4.90 Å². The quantitative estimate of drug-likeness (QED) is 0.642. The van der Waals surface area contributed by atoms with Crippen molar-refractivity contribution in [2.45, 2.75) is 0 Å². The average molecular weight is 360 g/mol. The molecule has 3 rings (SSSR count). The third-order valence-electron chi connectivity index (χ3n) is 3.44. The van der Waals surface area contributed by atoms with Gasteiger partial charge in [0.05, 0.1) is 0 Å². The fourth-order valence-corrected chi connectivity index (χ4v) is 2.44. The largest absolute Gasteiger partial charge is 0.378 e. The molecule has 0 bridgehead atoms. The summed E-state index contributed by atoms with van der Waals surface area (Å²) in [5.74, 6) is 0.745. The Balaban J connectivity index is 1.82. The summed E-state index contributed by atoms with van der Waals surface area (Å²) in [6, 6.07) is 15.2. The van der Waals surface area contributed by atoms with Crippen molar-refractivity contribution < 1.29 is 4.52 Å². The summed E-state index contributed by atoms with van der Waals surface area (Å²) >= 11 is 12.2. The van der Waals surface area contributed by atoms with Gasteiger partial charge in [0.15, 0.2) is 0 Å². The molecule has 0 atom stereocenters. The zero-order valence-electron chi connectivity index (χ0n) is 13.2. The number of hydrogen-bond acceptors (Lipinski definition) is 4. The average Bonchev–Trinajstić information content (AvgIpc) is 3.06. The number of nitrogens with zero attached hydrogens (tertiary/aromatic N) is 3. The van der Waals surface area contributed by atoms with Crippen molar-refractivity contribution >= 4 is 40.0 Å². The fourth-order valence-electron chi connectivity index (χ4n) is 2.11. The van der Waals surface area contributed by atoms with E-state index in [1.807, 2.05) is 55.4 Å². The predicted octanol–water partition coefficient (Wildman–Crippen LogP) is 5.19. The maximum atomic E-state index is 6.30. The van der Waals surface area contributed by atoms with Crippen molar-refractivity contribution in [3.05, 3.63) is 65.0 Å². The van der Waals surface area contributed by atoms with E-state index in [2.05, 4.69) is 10.1 Å². The molecule has 0 aliphatic heterocycles. The van der Waals surface area contributed by atoms with E-state index in [9.17, 15) is 0 Å². The first kappa shape index (κ1) is 16.6. The first-order chi connectivity index (χ1) is 11.5. The van der Waals surface area contributed by atoms with Crippen LogP contribution in [0.4, 0.5) is 5.69 Å². The second kappa shape index (κ2) is 7.07. The van der Waals surface area contributed by atoms with Crippen molar-refractivity contribution in [2.24, 2.45) is 0 Å². The lowest BCUT2D eigenvalue weighted by molar-refractivity contribution is 0.410. The summed E-state index contributed by atoms with van der Waals surface area (Å²) in [4.78, 5) is 6.36. The van der Waals surface area contributed by atoms with Gasteiger partial charge in [-0.2, -0.15) is 4.98 Å². The Hall–Kier alpha value is -2.30. The second-order valence-corrected chi connectivity index (χ2v) is 6.25. The molecule has 0 fully saturated rings. The first-order valence-electron chi connectivity index (χ1n) is 7.27. The standard InChI is InChI=1S/C18H15Cl2N3O/c1-23(2)15-9-3-12(4-10-15)11-16(20)18-21-17(22-24-18)13-5-7-14(19)8-6-13/h3-11H,1-2H3/b16-11-. The van der Waals surface area contributed by atoms with Crippen LogP contribution in [0.2, 0.25) is 5.02 Å². The number of halogens is 2. The van der Waals surface area contributed by atoms with Gasteiger partial charge < -0.3 is 9.42 Å². The molecule has 2 aromatic carbocycles. The van der Waals surface area contributed by atoms with Crippen LogP contribution in [-0.2, 0) is 0 Å². The highest BCUT2D eigenvalue weighted by Crippen LogP contribution is 2.25. The van der Waals surface area contributed by atoms with Gasteiger partial charge in [0.2, 0.25) is 5.82 Å². The van der Waals surface area contributed by atoms with Gasteiger partial charge in [0, 0.05) is 30.4 Å². The maximum absolute atomic E-state index is 6.30. The van der Waals surface area contributed by atoms with Gasteiger partial charge in [-0.05, 0) is 48.0 Å². The SMILES string of the molecule is CN(C)c1ccc(/C=C(\Cl)c2nc(-c3ccc(Cl)cc3)no2)cc1. The predicted molar refractivity (Wildman–Crippen MR) is 99.2 cm³/mol. The molecule has 0 amide bonds. The monoisotopic (exact) mass is 359 g/mol. The number of aromatic nitrogens is 2. The second-order valence-electron chi connectivity index (χ2n) is 5.41. The summed E-state index contributed by atoms with van der Waals surface area (Å²) in [6.07, 6.45) is 1.79. The van der Waals surface area contributed by atoms with Crippen LogP contribution in [0.15, 0.2) is 53.1 Å². The van der Waals surface area contributed by atoms with Gasteiger partial charge in [-0.15, -0.1) is 0 Å². The van der Waals surface area contributed by atoms with Crippen LogP contribution in [0, 0.1) is 0 Å². The molecule has 1 aromatic heterocycles. The van der Waals surface area contributed by atoms with Crippen LogP contribution in [0.3, 0.4) is 0 Å². The molecule has 0 aliphatic carbocycles. The van der Waals surface area contributed by atoms with Crippen LogP contribution in [0.1, 0.15) is 11.5 Å². The van der Waals surface area contributed by atoms with Crippen LogP contribution in [-0.4, -0.2) is 24.2 Å². The molecule has 0 aliphatic rings. The van der Waals surface area contributed by atoms with Crippen molar-refractivity contribution in [2.75, 3.05) is 19.0 Å². The van der Waals surface area contributed by atoms with E-state index in [-0.39, 0.29) is 5.89 Å². The maximum Gasteiger partial charge on any atom is 0.269 e. The lowest BCUT2D eigenvalue weighted by Gasteiger charge is -2.11. The molecule has 0 unspecified atom stereocenters. The third kappa shape index (κ3) is 3.78. The molecule has 122 valence electrons. The van der Waals surface area contributed by atoms with Gasteiger partial charge in [-0.1, -0.05) is 40.5 Å². The van der Waals surface area contributed by atoms with E-state index in [4.69, 9.17) is 27.7 Å². The minimum absolute atomic E-state index is 0.276. The molecule has 4 nitrogen and oxygen atoms in total. The van der Waals surface area contributed by atoms with Gasteiger partial charge in [0.1, 0.15) is 5.03 Å². The van der Waals surface area contributed by atoms with Gasteiger partial charge in [-0.3, -0.25) is 0 Å². The van der Waals surface area contributed by atoms with Gasteiger partial charge in [0.25, 0.3) is 5.89 Å². The first-order valence-corrected chi connectivity index (χ1v) is 8.03. The summed E-state index contributed by atoms with van der Waals surface area (Å²) in [7, 11) is 3.99. The van der Waals surface area contributed by atoms with Gasteiger partial charge >= 0.3 is 0 Å². The Labute approximate surface area is 150 Å². The molecule has 0 spiro atoms. The molecule has 0 saturated carbocycles. The highest BCUT2D eigenvalue weighted by atomic mass is 35.5. The number of hydrogen-bond donors (Lipinski definition) is 0. The van der Waals surface area contributed by atoms with Crippen molar-refractivity contribution in [1.82, 2.24) is 10.1 Å². The highest BCUT2D eigenvalue weighted by molar-refractivity contribution is 6.50. The smallest absolute Gasteiger partial charge is 0.269 e. The Bertz CT molecular complexity index is 853. The molecular formula is C18H15Cl2N3O. The number of rotatable bonds is 4. The van der Waals surface area contributed by atoms with Gasteiger partial charge in [-0.25, -0.2) is 0 Å². The summed E-state index contributed by atoms with van der Waals surface area (Å²) in [5, 5.41) is 5.00. The van der Waals surface area contributed by atoms with Crippen molar-refractivity contribution in [1.29, 1.82) is 0 Å². The molecular weight excluding hydrogens is 345 g/mol. The summed E-state index contributed by atoms with van der Waals surface area (Å²) in [5.41, 5.74) is 2.89. The van der Waals surface area contributed by atoms with E-state index < -0.39 is 0 Å². The minimum atomic E-state index is 0.276. The molecule has 0 radical (unpaired) electrons. The summed E-state index contributed by atoms with van der Waals surface area (Å²) < 4.78 is 5.24. The summed E-state index contributed by atoms with van der Waals surface area (Å²) in [6.45, 7) is 0. The normalized spacial score (nSPS) is 11.6. The van der Waals surface area contributed by atoms with Crippen LogP contribution >= 0.6 is 23.2 Å². The van der Waals surface area contributed by atoms with Crippen LogP contribution in [0.5, 0.6) is 0 Å². The van der Waals surface area contributed by atoms with E-state index in [0.29, 0.717) is 15.9 Å².